The predicted molar refractivity (Wildman–Crippen MR) is 120 cm³/mol. The first kappa shape index (κ1) is 21.1. The number of hydrogen-bond acceptors (Lipinski definition) is 5. The van der Waals surface area contributed by atoms with Crippen molar-refractivity contribution in [3.63, 3.8) is 0 Å². The summed E-state index contributed by atoms with van der Waals surface area (Å²) < 4.78 is 5.87. The number of thiophene rings is 1. The summed E-state index contributed by atoms with van der Waals surface area (Å²) in [7, 11) is 0. The minimum absolute atomic E-state index is 0.0247. The molecule has 1 aliphatic heterocycles. The molecule has 2 heterocycles. The second-order valence-electron chi connectivity index (χ2n) is 7.65. The first-order valence-electron chi connectivity index (χ1n) is 10.4. The third-order valence-corrected chi connectivity index (χ3v) is 6.59. The minimum atomic E-state index is -0.548. The van der Waals surface area contributed by atoms with Crippen LogP contribution >= 0.6 is 11.3 Å². The zero-order valence-corrected chi connectivity index (χ0v) is 17.9. The van der Waals surface area contributed by atoms with Crippen LogP contribution in [0.15, 0.2) is 66.0 Å². The van der Waals surface area contributed by atoms with Crippen LogP contribution in [0.1, 0.15) is 51.7 Å². The number of carbonyl (C=O) groups excluding carboxylic acids is 1. The molecule has 1 aromatic heterocycles. The lowest BCUT2D eigenvalue weighted by Gasteiger charge is -2.26. The molecule has 0 unspecified atom stereocenters. The molecule has 158 valence electrons. The van der Waals surface area contributed by atoms with Crippen molar-refractivity contribution in [1.82, 2.24) is 4.90 Å². The highest BCUT2D eigenvalue weighted by Crippen LogP contribution is 2.31. The Kier molecular flexibility index (Phi) is 6.66. The molecular weight excluding hydrogens is 408 g/mol. The number of aliphatic hydroxyl groups excluding tert-OH is 1. The number of aliphatic hydroxyl groups is 1. The molecule has 1 fully saturated rings. The number of likely N-dealkylation sites (tertiary alicyclic amines) is 1. The molecule has 1 saturated heterocycles. The molecule has 2 aromatic carbocycles. The number of nitriles is 1. The van der Waals surface area contributed by atoms with Crippen molar-refractivity contribution >= 4 is 17.2 Å². The van der Waals surface area contributed by atoms with Gasteiger partial charge in [-0.15, -0.1) is 11.3 Å². The third kappa shape index (κ3) is 4.96. The van der Waals surface area contributed by atoms with E-state index in [1.54, 1.807) is 18.2 Å². The maximum Gasteiger partial charge on any atom is 0.254 e. The van der Waals surface area contributed by atoms with E-state index in [1.807, 2.05) is 52.7 Å². The molecular formula is C25H24N2O3S. The Morgan fingerprint density at radius 3 is 2.90 bits per heavy atom. The van der Waals surface area contributed by atoms with Gasteiger partial charge in [0, 0.05) is 28.6 Å². The van der Waals surface area contributed by atoms with Crippen LogP contribution in [0, 0.1) is 11.3 Å². The number of carbonyl (C=O) groups is 1. The smallest absolute Gasteiger partial charge is 0.254 e. The van der Waals surface area contributed by atoms with Crippen LogP contribution in [0.3, 0.4) is 0 Å². The fourth-order valence-electron chi connectivity index (χ4n) is 4.00. The SMILES string of the molecule is N#Cc1ccccc1COc1cccc(C(=O)N2CCC[C@H]2C[C@@H](O)c2cccs2)c1. The van der Waals surface area contributed by atoms with Crippen LogP contribution in [0.5, 0.6) is 5.75 Å². The Labute approximate surface area is 186 Å². The lowest BCUT2D eigenvalue weighted by molar-refractivity contribution is 0.0669. The second-order valence-corrected chi connectivity index (χ2v) is 8.63. The summed E-state index contributed by atoms with van der Waals surface area (Å²) in [4.78, 5) is 16.0. The van der Waals surface area contributed by atoms with E-state index in [0.29, 0.717) is 29.8 Å². The summed E-state index contributed by atoms with van der Waals surface area (Å²) in [5, 5.41) is 21.7. The quantitative estimate of drug-likeness (QED) is 0.575. The van der Waals surface area contributed by atoms with Crippen LogP contribution in [0.4, 0.5) is 0 Å². The number of nitrogens with zero attached hydrogens (tertiary/aromatic N) is 2. The molecule has 3 aromatic rings. The van der Waals surface area contributed by atoms with E-state index in [2.05, 4.69) is 6.07 Å². The van der Waals surface area contributed by atoms with Crippen molar-refractivity contribution < 1.29 is 14.6 Å². The molecule has 4 rings (SSSR count). The topological polar surface area (TPSA) is 73.6 Å². The molecule has 0 saturated carbocycles. The van der Waals surface area contributed by atoms with Crippen molar-refractivity contribution in [2.24, 2.45) is 0 Å². The highest BCUT2D eigenvalue weighted by Gasteiger charge is 2.31. The van der Waals surface area contributed by atoms with Gasteiger partial charge in [0.05, 0.1) is 17.7 Å². The van der Waals surface area contributed by atoms with Crippen LogP contribution in [-0.2, 0) is 6.61 Å². The molecule has 0 radical (unpaired) electrons. The van der Waals surface area contributed by atoms with E-state index in [4.69, 9.17) is 4.74 Å². The van der Waals surface area contributed by atoms with Crippen molar-refractivity contribution in [3.8, 4) is 11.8 Å². The normalized spacial score (nSPS) is 16.6. The second kappa shape index (κ2) is 9.78. The summed E-state index contributed by atoms with van der Waals surface area (Å²) in [6.07, 6.45) is 1.84. The maximum atomic E-state index is 13.2. The Morgan fingerprint density at radius 2 is 2.10 bits per heavy atom. The van der Waals surface area contributed by atoms with Gasteiger partial charge in [0.1, 0.15) is 12.4 Å². The first-order valence-corrected chi connectivity index (χ1v) is 11.3. The van der Waals surface area contributed by atoms with Gasteiger partial charge in [0.25, 0.3) is 5.91 Å². The lowest BCUT2D eigenvalue weighted by Crippen LogP contribution is -2.36. The molecule has 6 heteroatoms. The molecule has 0 bridgehead atoms. The standard InChI is InChI=1S/C25H24N2O3S/c26-16-19-6-1-2-7-20(19)17-30-22-10-3-8-18(14-22)25(29)27-12-4-9-21(27)15-23(28)24-11-5-13-31-24/h1-3,5-8,10-11,13-14,21,23,28H,4,9,12,15,17H2/t21-,23+/m0/s1. The van der Waals surface area contributed by atoms with Gasteiger partial charge >= 0.3 is 0 Å². The molecule has 2 atom stereocenters. The van der Waals surface area contributed by atoms with E-state index >= 15 is 0 Å². The number of amides is 1. The average molecular weight is 433 g/mol. The largest absolute Gasteiger partial charge is 0.489 e. The van der Waals surface area contributed by atoms with Gasteiger partial charge in [-0.25, -0.2) is 0 Å². The van der Waals surface area contributed by atoms with Gasteiger partial charge in [0.15, 0.2) is 0 Å². The Balaban J connectivity index is 1.43. The number of ether oxygens (including phenoxy) is 1. The van der Waals surface area contributed by atoms with E-state index < -0.39 is 6.10 Å². The number of hydrogen-bond donors (Lipinski definition) is 1. The van der Waals surface area contributed by atoms with Gasteiger partial charge in [-0.1, -0.05) is 30.3 Å². The summed E-state index contributed by atoms with van der Waals surface area (Å²) in [5.41, 5.74) is 1.96. The fourth-order valence-corrected chi connectivity index (χ4v) is 4.73. The van der Waals surface area contributed by atoms with E-state index in [-0.39, 0.29) is 18.6 Å². The zero-order chi connectivity index (χ0) is 21.6. The van der Waals surface area contributed by atoms with Crippen molar-refractivity contribution in [2.45, 2.75) is 38.0 Å². The maximum absolute atomic E-state index is 13.2. The highest BCUT2D eigenvalue weighted by molar-refractivity contribution is 7.10. The van der Waals surface area contributed by atoms with Gasteiger partial charge < -0.3 is 14.7 Å². The molecule has 0 aliphatic carbocycles. The van der Waals surface area contributed by atoms with E-state index in [9.17, 15) is 15.2 Å². The third-order valence-electron chi connectivity index (χ3n) is 5.62. The van der Waals surface area contributed by atoms with Gasteiger partial charge in [-0.2, -0.15) is 5.26 Å². The van der Waals surface area contributed by atoms with E-state index in [0.717, 1.165) is 23.3 Å². The molecule has 1 aliphatic rings. The molecule has 31 heavy (non-hydrogen) atoms. The summed E-state index contributed by atoms with van der Waals surface area (Å²) >= 11 is 1.54. The lowest BCUT2D eigenvalue weighted by atomic mass is 10.0. The van der Waals surface area contributed by atoms with Gasteiger partial charge in [0.2, 0.25) is 0 Å². The predicted octanol–water partition coefficient (Wildman–Crippen LogP) is 4.93. The molecule has 0 spiro atoms. The number of benzene rings is 2. The summed E-state index contributed by atoms with van der Waals surface area (Å²) in [6, 6.07) is 20.5. The average Bonchev–Trinajstić information content (AvgIpc) is 3.50. The van der Waals surface area contributed by atoms with Gasteiger partial charge in [-0.3, -0.25) is 4.79 Å². The zero-order valence-electron chi connectivity index (χ0n) is 17.1. The minimum Gasteiger partial charge on any atom is -0.489 e. The Hall–Kier alpha value is -3.14. The van der Waals surface area contributed by atoms with Crippen molar-refractivity contribution in [3.05, 3.63) is 87.6 Å². The van der Waals surface area contributed by atoms with Crippen LogP contribution in [0.2, 0.25) is 0 Å². The molecule has 5 nitrogen and oxygen atoms in total. The first-order chi connectivity index (χ1) is 15.2. The molecule has 1 N–H and O–H groups in total. The summed E-state index contributed by atoms with van der Waals surface area (Å²) in [5.74, 6) is 0.553. The van der Waals surface area contributed by atoms with Crippen LogP contribution in [0.25, 0.3) is 0 Å². The number of rotatable bonds is 7. The van der Waals surface area contributed by atoms with Crippen LogP contribution in [-0.4, -0.2) is 28.5 Å². The monoisotopic (exact) mass is 432 g/mol. The Morgan fingerprint density at radius 1 is 1.23 bits per heavy atom. The Bertz CT molecular complexity index is 1070. The van der Waals surface area contributed by atoms with Gasteiger partial charge in [-0.05, 0) is 55.0 Å². The molecule has 1 amide bonds. The van der Waals surface area contributed by atoms with Crippen molar-refractivity contribution in [2.75, 3.05) is 6.54 Å². The highest BCUT2D eigenvalue weighted by atomic mass is 32.1. The van der Waals surface area contributed by atoms with Crippen LogP contribution < -0.4 is 4.74 Å². The van der Waals surface area contributed by atoms with Crippen molar-refractivity contribution in [1.29, 1.82) is 5.26 Å². The summed E-state index contributed by atoms with van der Waals surface area (Å²) in [6.45, 7) is 0.960. The van der Waals surface area contributed by atoms with E-state index in [1.165, 1.54) is 11.3 Å². The fraction of sp³-hybridized carbons (Fsp3) is 0.280.